The van der Waals surface area contributed by atoms with E-state index in [1.54, 1.807) is 4.90 Å². The maximum absolute atomic E-state index is 11.4. The number of halogens is 1. The minimum atomic E-state index is -0.363. The standard InChI is InChI=1S/C9H16BrNO2/c1-2-8(12)6-11-5-7(4-10)3-9(11)13/h7-8,12H,2-6H2,1H3. The van der Waals surface area contributed by atoms with Crippen molar-refractivity contribution >= 4 is 21.8 Å². The first-order valence-corrected chi connectivity index (χ1v) is 5.81. The molecule has 1 aliphatic heterocycles. The number of carbonyl (C=O) groups excluding carboxylic acids is 1. The van der Waals surface area contributed by atoms with Crippen LogP contribution in [0.5, 0.6) is 0 Å². The Bertz CT molecular complexity index is 186. The Kier molecular flexibility index (Phi) is 4.19. The molecule has 1 N–H and O–H groups in total. The summed E-state index contributed by atoms with van der Waals surface area (Å²) < 4.78 is 0. The van der Waals surface area contributed by atoms with Crippen molar-refractivity contribution in [2.45, 2.75) is 25.9 Å². The molecule has 3 nitrogen and oxygen atoms in total. The molecular weight excluding hydrogens is 234 g/mol. The molecule has 4 heteroatoms. The summed E-state index contributed by atoms with van der Waals surface area (Å²) in [7, 11) is 0. The first-order chi connectivity index (χ1) is 6.17. The predicted octanol–water partition coefficient (Wildman–Crippen LogP) is 1.00. The van der Waals surface area contributed by atoms with Crippen LogP contribution < -0.4 is 0 Å². The van der Waals surface area contributed by atoms with Crippen molar-refractivity contribution in [1.29, 1.82) is 0 Å². The van der Waals surface area contributed by atoms with Gasteiger partial charge in [-0.1, -0.05) is 22.9 Å². The molecule has 1 rings (SSSR count). The molecule has 1 saturated heterocycles. The lowest BCUT2D eigenvalue weighted by Crippen LogP contribution is -2.33. The number of aliphatic hydroxyl groups excluding tert-OH is 1. The Morgan fingerprint density at radius 3 is 2.92 bits per heavy atom. The molecule has 0 aliphatic carbocycles. The molecule has 0 radical (unpaired) electrons. The third kappa shape index (κ3) is 2.95. The molecule has 0 saturated carbocycles. The largest absolute Gasteiger partial charge is 0.391 e. The minimum absolute atomic E-state index is 0.178. The average Bonchev–Trinajstić information content (AvgIpc) is 2.47. The van der Waals surface area contributed by atoms with Gasteiger partial charge in [-0.25, -0.2) is 0 Å². The van der Waals surface area contributed by atoms with Crippen molar-refractivity contribution in [1.82, 2.24) is 4.90 Å². The number of β-amino-alcohol motifs (C(OH)–C–C–N with tert-alkyl or cyclic N) is 1. The fourth-order valence-corrected chi connectivity index (χ4v) is 1.95. The molecule has 1 aliphatic rings. The van der Waals surface area contributed by atoms with Crippen LogP contribution in [-0.2, 0) is 4.79 Å². The summed E-state index contributed by atoms with van der Waals surface area (Å²) in [6.45, 7) is 3.22. The highest BCUT2D eigenvalue weighted by Crippen LogP contribution is 2.19. The molecule has 0 aromatic carbocycles. The van der Waals surface area contributed by atoms with Crippen LogP contribution in [0, 0.1) is 5.92 Å². The van der Waals surface area contributed by atoms with E-state index in [2.05, 4.69) is 15.9 Å². The Balaban J connectivity index is 2.39. The van der Waals surface area contributed by atoms with Crippen molar-refractivity contribution in [3.05, 3.63) is 0 Å². The van der Waals surface area contributed by atoms with Crippen LogP contribution in [0.25, 0.3) is 0 Å². The molecule has 2 unspecified atom stereocenters. The van der Waals surface area contributed by atoms with Gasteiger partial charge in [0.25, 0.3) is 0 Å². The number of carbonyl (C=O) groups is 1. The van der Waals surface area contributed by atoms with Crippen LogP contribution in [0.1, 0.15) is 19.8 Å². The van der Waals surface area contributed by atoms with Gasteiger partial charge in [-0.2, -0.15) is 0 Å². The minimum Gasteiger partial charge on any atom is -0.391 e. The van der Waals surface area contributed by atoms with Crippen LogP contribution in [0.15, 0.2) is 0 Å². The van der Waals surface area contributed by atoms with Gasteiger partial charge in [0.05, 0.1) is 6.10 Å². The van der Waals surface area contributed by atoms with Crippen molar-refractivity contribution < 1.29 is 9.90 Å². The highest BCUT2D eigenvalue weighted by atomic mass is 79.9. The molecule has 76 valence electrons. The third-order valence-electron chi connectivity index (χ3n) is 2.42. The van der Waals surface area contributed by atoms with Crippen LogP contribution >= 0.6 is 15.9 Å². The second kappa shape index (κ2) is 4.96. The second-order valence-corrected chi connectivity index (χ2v) is 4.23. The molecule has 0 aromatic heterocycles. The number of amides is 1. The summed E-state index contributed by atoms with van der Waals surface area (Å²) in [5.74, 6) is 0.605. The van der Waals surface area contributed by atoms with E-state index in [1.807, 2.05) is 6.92 Å². The van der Waals surface area contributed by atoms with Crippen molar-refractivity contribution in [2.75, 3.05) is 18.4 Å². The van der Waals surface area contributed by atoms with Crippen molar-refractivity contribution in [3.8, 4) is 0 Å². The lowest BCUT2D eigenvalue weighted by atomic mass is 10.2. The van der Waals surface area contributed by atoms with Crippen molar-refractivity contribution in [3.63, 3.8) is 0 Å². The predicted molar refractivity (Wildman–Crippen MR) is 54.8 cm³/mol. The molecule has 1 fully saturated rings. The molecule has 1 amide bonds. The summed E-state index contributed by atoms with van der Waals surface area (Å²) in [6.07, 6.45) is 0.975. The van der Waals surface area contributed by atoms with E-state index in [9.17, 15) is 9.90 Å². The Labute approximate surface area is 87.2 Å². The molecule has 1 heterocycles. The van der Waals surface area contributed by atoms with E-state index in [-0.39, 0.29) is 12.0 Å². The highest BCUT2D eigenvalue weighted by Gasteiger charge is 2.29. The molecule has 0 bridgehead atoms. The zero-order valence-electron chi connectivity index (χ0n) is 7.87. The molecule has 0 aromatic rings. The summed E-state index contributed by atoms with van der Waals surface area (Å²) in [5.41, 5.74) is 0. The van der Waals surface area contributed by atoms with Crippen LogP contribution in [0.3, 0.4) is 0 Å². The van der Waals surface area contributed by atoms with E-state index < -0.39 is 0 Å². The lowest BCUT2D eigenvalue weighted by molar-refractivity contribution is -0.128. The normalized spacial score (nSPS) is 25.3. The maximum atomic E-state index is 11.4. The van der Waals surface area contributed by atoms with Gasteiger partial charge in [-0.15, -0.1) is 0 Å². The van der Waals surface area contributed by atoms with Crippen LogP contribution in [0.4, 0.5) is 0 Å². The van der Waals surface area contributed by atoms with Gasteiger partial charge in [0, 0.05) is 24.8 Å². The Hall–Kier alpha value is -0.0900. The molecule has 2 atom stereocenters. The van der Waals surface area contributed by atoms with E-state index in [1.165, 1.54) is 0 Å². The van der Waals surface area contributed by atoms with Gasteiger partial charge in [0.15, 0.2) is 0 Å². The monoisotopic (exact) mass is 249 g/mol. The molecular formula is C9H16BrNO2. The van der Waals surface area contributed by atoms with E-state index in [4.69, 9.17) is 0 Å². The van der Waals surface area contributed by atoms with Gasteiger partial charge >= 0.3 is 0 Å². The zero-order chi connectivity index (χ0) is 9.84. The fraction of sp³-hybridized carbons (Fsp3) is 0.889. The summed E-state index contributed by atoms with van der Waals surface area (Å²) >= 11 is 3.37. The third-order valence-corrected chi connectivity index (χ3v) is 3.33. The Morgan fingerprint density at radius 2 is 2.46 bits per heavy atom. The lowest BCUT2D eigenvalue weighted by Gasteiger charge is -2.19. The summed E-state index contributed by atoms with van der Waals surface area (Å²) in [6, 6.07) is 0. The van der Waals surface area contributed by atoms with Gasteiger partial charge in [-0.05, 0) is 12.3 Å². The van der Waals surface area contributed by atoms with E-state index in [0.29, 0.717) is 25.3 Å². The number of hydrogen-bond donors (Lipinski definition) is 1. The number of alkyl halides is 1. The number of rotatable bonds is 4. The maximum Gasteiger partial charge on any atom is 0.223 e. The van der Waals surface area contributed by atoms with Crippen LogP contribution in [-0.4, -0.2) is 40.4 Å². The number of likely N-dealkylation sites (tertiary alicyclic amines) is 1. The SMILES string of the molecule is CCC(O)CN1CC(CBr)CC1=O. The zero-order valence-corrected chi connectivity index (χ0v) is 9.46. The topological polar surface area (TPSA) is 40.5 Å². The quantitative estimate of drug-likeness (QED) is 0.756. The number of hydrogen-bond acceptors (Lipinski definition) is 2. The van der Waals surface area contributed by atoms with Gasteiger partial charge in [-0.3, -0.25) is 4.79 Å². The first kappa shape index (κ1) is 11.0. The van der Waals surface area contributed by atoms with Crippen LogP contribution in [0.2, 0.25) is 0 Å². The number of nitrogens with zero attached hydrogens (tertiary/aromatic N) is 1. The smallest absolute Gasteiger partial charge is 0.223 e. The van der Waals surface area contributed by atoms with Gasteiger partial charge in [0.2, 0.25) is 5.91 Å². The summed E-state index contributed by atoms with van der Waals surface area (Å²) in [5, 5.41) is 10.3. The van der Waals surface area contributed by atoms with E-state index in [0.717, 1.165) is 11.9 Å². The second-order valence-electron chi connectivity index (χ2n) is 3.59. The highest BCUT2D eigenvalue weighted by molar-refractivity contribution is 9.09. The number of aliphatic hydroxyl groups is 1. The Morgan fingerprint density at radius 1 is 1.77 bits per heavy atom. The van der Waals surface area contributed by atoms with E-state index >= 15 is 0 Å². The first-order valence-electron chi connectivity index (χ1n) is 4.69. The van der Waals surface area contributed by atoms with Gasteiger partial charge < -0.3 is 10.0 Å². The summed E-state index contributed by atoms with van der Waals surface area (Å²) in [4.78, 5) is 13.2. The van der Waals surface area contributed by atoms with Gasteiger partial charge in [0.1, 0.15) is 0 Å². The average molecular weight is 250 g/mol. The molecule has 13 heavy (non-hydrogen) atoms. The molecule has 0 spiro atoms. The van der Waals surface area contributed by atoms with Crippen molar-refractivity contribution in [2.24, 2.45) is 5.92 Å². The fourth-order valence-electron chi connectivity index (χ4n) is 1.52.